The predicted molar refractivity (Wildman–Crippen MR) is 81.8 cm³/mol. The van der Waals surface area contributed by atoms with Gasteiger partial charge in [0.15, 0.2) is 5.01 Å². The number of aryl methyl sites for hydroxylation is 1. The standard InChI is InChI=1S/C15H14F3N3O2S/c1-7-4-11(22)20(3)9-6-21(8(2)12(7)9)13(23)10-5-19-14(24-10)15(16,17)18/h4-5,8H,6H2,1-3H3. The van der Waals surface area contributed by atoms with Crippen LogP contribution in [0.15, 0.2) is 17.1 Å². The molecule has 0 saturated heterocycles. The number of thiazole rings is 1. The number of pyridine rings is 1. The van der Waals surface area contributed by atoms with Gasteiger partial charge in [0.05, 0.1) is 18.8 Å². The number of nitrogens with zero attached hydrogens (tertiary/aromatic N) is 3. The molecule has 0 saturated carbocycles. The van der Waals surface area contributed by atoms with E-state index in [4.69, 9.17) is 0 Å². The lowest BCUT2D eigenvalue weighted by Crippen LogP contribution is -2.28. The van der Waals surface area contributed by atoms with Crippen LogP contribution in [0.3, 0.4) is 0 Å². The van der Waals surface area contributed by atoms with Crippen LogP contribution in [0.5, 0.6) is 0 Å². The van der Waals surface area contributed by atoms with Crippen LogP contribution < -0.4 is 5.56 Å². The molecule has 1 amide bonds. The number of aromatic nitrogens is 2. The molecule has 0 aromatic carbocycles. The molecular weight excluding hydrogens is 343 g/mol. The number of hydrogen-bond donors (Lipinski definition) is 0. The molecule has 3 rings (SSSR count). The quantitative estimate of drug-likeness (QED) is 0.789. The molecule has 24 heavy (non-hydrogen) atoms. The Balaban J connectivity index is 1.96. The second kappa shape index (κ2) is 5.44. The van der Waals surface area contributed by atoms with Crippen LogP contribution in [0.25, 0.3) is 0 Å². The Morgan fingerprint density at radius 2 is 2.08 bits per heavy atom. The summed E-state index contributed by atoms with van der Waals surface area (Å²) >= 11 is 0.331. The van der Waals surface area contributed by atoms with Gasteiger partial charge in [-0.1, -0.05) is 0 Å². The van der Waals surface area contributed by atoms with Gasteiger partial charge in [0, 0.05) is 18.8 Å². The molecule has 128 valence electrons. The normalized spacial score (nSPS) is 17.2. The Morgan fingerprint density at radius 1 is 1.42 bits per heavy atom. The lowest BCUT2D eigenvalue weighted by Gasteiger charge is -2.21. The molecule has 0 spiro atoms. The molecule has 1 atom stereocenters. The van der Waals surface area contributed by atoms with Crippen molar-refractivity contribution >= 4 is 17.2 Å². The van der Waals surface area contributed by atoms with E-state index in [2.05, 4.69) is 4.98 Å². The predicted octanol–water partition coefficient (Wildman–Crippen LogP) is 2.89. The minimum atomic E-state index is -4.57. The van der Waals surface area contributed by atoms with Gasteiger partial charge in [0.25, 0.3) is 11.5 Å². The molecule has 0 bridgehead atoms. The summed E-state index contributed by atoms with van der Waals surface area (Å²) in [5.74, 6) is -0.515. The summed E-state index contributed by atoms with van der Waals surface area (Å²) in [6.45, 7) is 3.77. The van der Waals surface area contributed by atoms with Gasteiger partial charge in [-0.2, -0.15) is 13.2 Å². The van der Waals surface area contributed by atoms with Crippen molar-refractivity contribution in [1.82, 2.24) is 14.5 Å². The average molecular weight is 357 g/mol. The third-order valence-electron chi connectivity index (χ3n) is 4.24. The molecule has 3 heterocycles. The highest BCUT2D eigenvalue weighted by Crippen LogP contribution is 2.37. The van der Waals surface area contributed by atoms with Crippen molar-refractivity contribution < 1.29 is 18.0 Å². The zero-order valence-electron chi connectivity index (χ0n) is 13.1. The van der Waals surface area contributed by atoms with E-state index < -0.39 is 17.1 Å². The van der Waals surface area contributed by atoms with E-state index in [0.29, 0.717) is 17.0 Å². The van der Waals surface area contributed by atoms with Gasteiger partial charge in [0.1, 0.15) is 4.88 Å². The SMILES string of the molecule is Cc1cc(=O)n(C)c2c1C(C)N(C(=O)c1cnc(C(F)(F)F)s1)C2. The summed E-state index contributed by atoms with van der Waals surface area (Å²) in [5.41, 5.74) is 2.17. The fourth-order valence-electron chi connectivity index (χ4n) is 3.01. The summed E-state index contributed by atoms with van der Waals surface area (Å²) < 4.78 is 39.5. The van der Waals surface area contributed by atoms with E-state index >= 15 is 0 Å². The fourth-order valence-corrected chi connectivity index (χ4v) is 3.75. The molecule has 5 nitrogen and oxygen atoms in total. The van der Waals surface area contributed by atoms with Gasteiger partial charge in [-0.05, 0) is 25.0 Å². The van der Waals surface area contributed by atoms with Crippen LogP contribution in [0, 0.1) is 6.92 Å². The topological polar surface area (TPSA) is 55.2 Å². The number of alkyl halides is 3. The maximum Gasteiger partial charge on any atom is 0.443 e. The van der Waals surface area contributed by atoms with Gasteiger partial charge in [-0.3, -0.25) is 9.59 Å². The van der Waals surface area contributed by atoms with Crippen LogP contribution in [0.4, 0.5) is 13.2 Å². The molecule has 0 radical (unpaired) electrons. The summed E-state index contributed by atoms with van der Waals surface area (Å²) in [4.78, 5) is 29.2. The molecule has 9 heteroatoms. The molecular formula is C15H14F3N3O2S. The first kappa shape index (κ1) is 16.7. The minimum Gasteiger partial charge on any atom is -0.325 e. The smallest absolute Gasteiger partial charge is 0.325 e. The number of carbonyl (C=O) groups excluding carboxylic acids is 1. The van der Waals surface area contributed by atoms with Gasteiger partial charge in [-0.15, -0.1) is 11.3 Å². The first-order chi connectivity index (χ1) is 11.1. The van der Waals surface area contributed by atoms with Crippen LogP contribution in [0.2, 0.25) is 0 Å². The maximum atomic E-state index is 12.7. The summed E-state index contributed by atoms with van der Waals surface area (Å²) in [6.07, 6.45) is -3.61. The van der Waals surface area contributed by atoms with E-state index in [1.165, 1.54) is 15.5 Å². The van der Waals surface area contributed by atoms with Crippen LogP contribution in [-0.4, -0.2) is 20.4 Å². The number of rotatable bonds is 1. The number of fused-ring (bicyclic) bond motifs is 1. The lowest BCUT2D eigenvalue weighted by molar-refractivity contribution is -0.137. The Hall–Kier alpha value is -2.16. The van der Waals surface area contributed by atoms with Gasteiger partial charge < -0.3 is 9.47 Å². The number of halogens is 3. The number of amides is 1. The van der Waals surface area contributed by atoms with Crippen molar-refractivity contribution in [1.29, 1.82) is 0 Å². The second-order valence-electron chi connectivity index (χ2n) is 5.72. The first-order valence-corrected chi connectivity index (χ1v) is 7.96. The third kappa shape index (κ3) is 2.52. The lowest BCUT2D eigenvalue weighted by atomic mass is 10.0. The van der Waals surface area contributed by atoms with Crippen molar-refractivity contribution in [2.75, 3.05) is 0 Å². The molecule has 2 aromatic rings. The minimum absolute atomic E-state index is 0.0652. The van der Waals surface area contributed by atoms with Crippen molar-refractivity contribution in [3.63, 3.8) is 0 Å². The zero-order chi connectivity index (χ0) is 17.8. The second-order valence-corrected chi connectivity index (χ2v) is 6.75. The highest BCUT2D eigenvalue weighted by molar-refractivity contribution is 7.13. The maximum absolute atomic E-state index is 12.7. The highest BCUT2D eigenvalue weighted by Gasteiger charge is 2.38. The highest BCUT2D eigenvalue weighted by atomic mass is 32.1. The van der Waals surface area contributed by atoms with Crippen molar-refractivity contribution in [3.8, 4) is 0 Å². The zero-order valence-corrected chi connectivity index (χ0v) is 14.0. The van der Waals surface area contributed by atoms with E-state index in [1.807, 2.05) is 0 Å². The number of hydrogen-bond acceptors (Lipinski definition) is 4. The van der Waals surface area contributed by atoms with Gasteiger partial charge in [0.2, 0.25) is 0 Å². The molecule has 0 N–H and O–H groups in total. The largest absolute Gasteiger partial charge is 0.443 e. The molecule has 0 aliphatic carbocycles. The first-order valence-electron chi connectivity index (χ1n) is 7.14. The Morgan fingerprint density at radius 3 is 2.67 bits per heavy atom. The molecule has 1 aliphatic heterocycles. The Bertz CT molecular complexity index is 885. The summed E-state index contributed by atoms with van der Waals surface area (Å²) in [6, 6.07) is 1.17. The monoisotopic (exact) mass is 357 g/mol. The Kier molecular flexibility index (Phi) is 3.78. The van der Waals surface area contributed by atoms with E-state index in [-0.39, 0.29) is 23.0 Å². The van der Waals surface area contributed by atoms with Crippen molar-refractivity contribution in [2.45, 2.75) is 32.6 Å². The van der Waals surface area contributed by atoms with Crippen LogP contribution in [0.1, 0.15) is 44.5 Å². The molecule has 0 fully saturated rings. The molecule has 1 unspecified atom stereocenters. The van der Waals surface area contributed by atoms with E-state index in [0.717, 1.165) is 17.3 Å². The van der Waals surface area contributed by atoms with E-state index in [1.54, 1.807) is 20.9 Å². The van der Waals surface area contributed by atoms with Crippen molar-refractivity contribution in [2.24, 2.45) is 7.05 Å². The summed E-state index contributed by atoms with van der Waals surface area (Å²) in [5, 5.41) is -1.04. The van der Waals surface area contributed by atoms with Gasteiger partial charge >= 0.3 is 6.18 Å². The summed E-state index contributed by atoms with van der Waals surface area (Å²) in [7, 11) is 1.62. The van der Waals surface area contributed by atoms with E-state index in [9.17, 15) is 22.8 Å². The molecule has 2 aromatic heterocycles. The number of carbonyl (C=O) groups is 1. The Labute approximate surface area is 139 Å². The fraction of sp³-hybridized carbons (Fsp3) is 0.400. The molecule has 1 aliphatic rings. The average Bonchev–Trinajstić information content (AvgIpc) is 3.09. The van der Waals surface area contributed by atoms with Crippen LogP contribution in [-0.2, 0) is 19.8 Å². The van der Waals surface area contributed by atoms with Crippen LogP contribution >= 0.6 is 11.3 Å². The third-order valence-corrected chi connectivity index (χ3v) is 5.27. The van der Waals surface area contributed by atoms with Crippen molar-refractivity contribution in [3.05, 3.63) is 49.3 Å². The van der Waals surface area contributed by atoms with Gasteiger partial charge in [-0.25, -0.2) is 4.98 Å².